The third-order valence-corrected chi connectivity index (χ3v) is 21.0. The number of nitrogens with one attached hydrogen (secondary N) is 1. The summed E-state index contributed by atoms with van der Waals surface area (Å²) >= 11 is 16.6. The first-order chi connectivity index (χ1) is 41.3. The summed E-state index contributed by atoms with van der Waals surface area (Å²) in [7, 11) is 0. The van der Waals surface area contributed by atoms with Crippen molar-refractivity contribution in [1.29, 1.82) is 0 Å². The predicted octanol–water partition coefficient (Wildman–Crippen LogP) is -0.821. The molecule has 468 valence electrons. The lowest BCUT2D eigenvalue weighted by Crippen LogP contribution is -2.51. The summed E-state index contributed by atoms with van der Waals surface area (Å²) in [6.07, 6.45) is -7.07. The maximum Gasteiger partial charge on any atom is 0.351 e. The molecule has 7 aromatic rings. The Labute approximate surface area is 505 Å². The van der Waals surface area contributed by atoms with Gasteiger partial charge in [-0.25, -0.2) is 39.7 Å². The highest BCUT2D eigenvalue weighted by Crippen LogP contribution is 2.60. The summed E-state index contributed by atoms with van der Waals surface area (Å²) in [6, 6.07) is 0. The fourth-order valence-corrected chi connectivity index (χ4v) is 16.2. The highest BCUT2D eigenvalue weighted by molar-refractivity contribution is 8.32. The van der Waals surface area contributed by atoms with E-state index < -0.39 is 148 Å². The molecule has 87 heavy (non-hydrogen) atoms. The Kier molecular flexibility index (Phi) is 15.6. The standard InChI is InChI=1S/C45H57N18O18P3S3/c1-5-20-21(6-24(75-20)61-14-54-26-34(47)50-12-52-36(26)61)79-82(67,85)70-9-23-22(7-25(76-23)62-15-55-27-35(48)51-13-53-37(27)62)80-83(68,86)72-11-45-19(4)74-30(41(78-45)63-16-56-28-38(63)58-42(49)59-39(28)65)32(45)81-84(69,87)71-10-44-18(3)73-29(31(44)64)40(77-44)60-8-17(2)33(46)57-43(60)66/h8,12-16,18-25,29-32,40-41,64H,5-7,9-11H2,1-4H3,(H,67,85)(H,68,86)(H,69,87)(H2,46,57,66)(H2,47,50,52)(H2,48,51,53)(H3,49,58,59,65)/p-3/t18-,19-,20+,21+,22+,23+,24+,25+,29?,30?,31+,32+,40+,41+,44-,45-,82?,83?,84?/m0/s1. The molecule has 0 aliphatic carbocycles. The molecule has 13 rings (SSSR count). The minimum Gasteiger partial charge on any atom is -0.780 e. The molecular weight excluding hydrogens is 1270 g/mol. The Bertz CT molecular complexity index is 4130. The number of aromatic amines is 1. The molecule has 6 fully saturated rings. The summed E-state index contributed by atoms with van der Waals surface area (Å²) in [6.45, 7) is -9.49. The molecule has 0 saturated carbocycles. The number of nitrogens with two attached hydrogens (primary N) is 4. The van der Waals surface area contributed by atoms with E-state index in [1.54, 1.807) is 25.3 Å². The highest BCUT2D eigenvalue weighted by Gasteiger charge is 2.69. The van der Waals surface area contributed by atoms with Crippen LogP contribution in [-0.4, -0.2) is 165 Å². The molecule has 6 aliphatic heterocycles. The Morgan fingerprint density at radius 3 is 1.94 bits per heavy atom. The van der Waals surface area contributed by atoms with Gasteiger partial charge in [-0.2, -0.15) is 9.97 Å². The topological polar surface area (TPSA) is 484 Å². The molecular formula is C45H54N18O18P3S3-3. The summed E-state index contributed by atoms with van der Waals surface area (Å²) in [5, 5.41) is 11.6. The molecule has 13 heterocycles. The first-order valence-corrected chi connectivity index (χ1v) is 34.5. The largest absolute Gasteiger partial charge is 0.780 e. The third kappa shape index (κ3) is 10.7. The average Bonchev–Trinajstić information content (AvgIpc) is 1.57. The number of fused-ring (bicyclic) bond motifs is 7. The van der Waals surface area contributed by atoms with Crippen LogP contribution in [0.4, 0.5) is 23.4 Å². The van der Waals surface area contributed by atoms with Crippen molar-refractivity contribution in [2.24, 2.45) is 0 Å². The lowest BCUT2D eigenvalue weighted by molar-refractivity contribution is -0.240. The van der Waals surface area contributed by atoms with Gasteiger partial charge in [-0.05, 0) is 27.2 Å². The zero-order valence-electron chi connectivity index (χ0n) is 45.9. The summed E-state index contributed by atoms with van der Waals surface area (Å²) in [5.41, 5.74) is 20.3. The molecule has 10 N–H and O–H groups in total. The van der Waals surface area contributed by atoms with Crippen molar-refractivity contribution in [1.82, 2.24) is 68.1 Å². The van der Waals surface area contributed by atoms with E-state index in [1.165, 1.54) is 47.0 Å². The van der Waals surface area contributed by atoms with Crippen LogP contribution in [0.15, 0.2) is 47.4 Å². The quantitative estimate of drug-likeness (QED) is 0.0401. The number of aliphatic hydroxyl groups is 1. The van der Waals surface area contributed by atoms with Crippen LogP contribution in [0.5, 0.6) is 0 Å². The van der Waals surface area contributed by atoms with Crippen LogP contribution >= 0.6 is 20.2 Å². The van der Waals surface area contributed by atoms with Gasteiger partial charge in [0.1, 0.15) is 97.1 Å². The van der Waals surface area contributed by atoms with E-state index in [0.717, 1.165) is 4.57 Å². The molecule has 42 heteroatoms. The molecule has 19 atom stereocenters. The van der Waals surface area contributed by atoms with E-state index in [1.807, 2.05) is 6.92 Å². The van der Waals surface area contributed by atoms with Crippen LogP contribution in [0.25, 0.3) is 33.5 Å². The van der Waals surface area contributed by atoms with E-state index in [4.69, 9.17) is 114 Å². The monoisotopic (exact) mass is 1320 g/mol. The molecule has 7 aromatic heterocycles. The van der Waals surface area contributed by atoms with E-state index in [9.17, 15) is 29.0 Å². The van der Waals surface area contributed by atoms with Gasteiger partial charge in [-0.15, -0.1) is 0 Å². The van der Waals surface area contributed by atoms with E-state index in [-0.39, 0.29) is 58.6 Å². The number of imidazole rings is 3. The predicted molar refractivity (Wildman–Crippen MR) is 303 cm³/mol. The Hall–Kier alpha value is -5.19. The van der Waals surface area contributed by atoms with E-state index in [0.29, 0.717) is 23.1 Å². The maximum atomic E-state index is 14.8. The first kappa shape index (κ1) is 60.7. The van der Waals surface area contributed by atoms with E-state index in [2.05, 4.69) is 49.8 Å². The molecule has 36 nitrogen and oxygen atoms in total. The van der Waals surface area contributed by atoms with Gasteiger partial charge in [0.2, 0.25) is 5.95 Å². The van der Waals surface area contributed by atoms with Crippen molar-refractivity contribution >= 4 is 113 Å². The minimum absolute atomic E-state index is 0.00657. The van der Waals surface area contributed by atoms with E-state index >= 15 is 0 Å². The molecule has 6 aliphatic rings. The van der Waals surface area contributed by atoms with Gasteiger partial charge < -0.3 is 106 Å². The number of nitrogens with zero attached hydrogens (tertiary/aromatic N) is 13. The van der Waals surface area contributed by atoms with Crippen molar-refractivity contribution in [3.63, 3.8) is 0 Å². The smallest absolute Gasteiger partial charge is 0.351 e. The highest BCUT2D eigenvalue weighted by atomic mass is 32.7. The molecule has 6 saturated heterocycles. The van der Waals surface area contributed by atoms with Crippen molar-refractivity contribution in [2.45, 2.75) is 144 Å². The number of aromatic nitrogens is 14. The lowest BCUT2D eigenvalue weighted by Gasteiger charge is -2.41. The number of hydrogen-bond donors (Lipinski definition) is 6. The fraction of sp³-hybridized carbons (Fsp3) is 0.578. The zero-order valence-corrected chi connectivity index (χ0v) is 51.0. The van der Waals surface area contributed by atoms with Crippen LogP contribution in [0.3, 0.4) is 0 Å². The number of ether oxygens (including phenoxy) is 6. The minimum atomic E-state index is -4.82. The summed E-state index contributed by atoms with van der Waals surface area (Å²) in [4.78, 5) is 94.8. The number of aryl methyl sites for hydroxylation is 1. The van der Waals surface area contributed by atoms with Crippen molar-refractivity contribution in [2.75, 3.05) is 42.8 Å². The van der Waals surface area contributed by atoms with Gasteiger partial charge in [0, 0.05) is 24.6 Å². The zero-order chi connectivity index (χ0) is 61.4. The molecule has 0 spiro atoms. The molecule has 0 radical (unpaired) electrons. The summed E-state index contributed by atoms with van der Waals surface area (Å²) in [5.74, 6) is -0.0233. The van der Waals surface area contributed by atoms with Crippen molar-refractivity contribution in [3.8, 4) is 0 Å². The Morgan fingerprint density at radius 2 is 1.28 bits per heavy atom. The SMILES string of the molecule is CC[C@H]1O[C@@H](n2cnc3c(N)ncnc32)C[C@H]1OP([O-])(=S)OC[C@H]1O[C@@H](n2cnc3c(N)ncnc32)C[C@H]1OP(=O)([S-])OC[C@]12O[C@@H](n3cnc4c(=O)[nH]c(N)nc43)C(O[C@H]1C)[C@H]2OP([O-])(=S)OC[C@]12O[C@@H](n3cc(C)c(N)nc3=O)C(O[C@H]1C)[C@H]2O. The second-order valence-electron chi connectivity index (χ2n) is 21.4. The summed E-state index contributed by atoms with van der Waals surface area (Å²) < 4.78 is 94.9. The van der Waals surface area contributed by atoms with Crippen LogP contribution in [0, 0.1) is 6.92 Å². The first-order valence-electron chi connectivity index (χ1n) is 26.8. The number of aliphatic hydroxyl groups excluding tert-OH is 1. The Balaban J connectivity index is 0.750. The maximum absolute atomic E-state index is 14.8. The number of rotatable bonds is 20. The van der Waals surface area contributed by atoms with Crippen molar-refractivity contribution < 1.29 is 75.0 Å². The van der Waals surface area contributed by atoms with Crippen molar-refractivity contribution in [3.05, 3.63) is 64.2 Å². The van der Waals surface area contributed by atoms with Gasteiger partial charge in [-0.3, -0.25) is 32.6 Å². The average molecular weight is 1320 g/mol. The number of nitrogen functional groups attached to an aromatic ring is 4. The third-order valence-electron chi connectivity index (χ3n) is 16.3. The van der Waals surface area contributed by atoms with Gasteiger partial charge in [0.05, 0.1) is 69.3 Å². The van der Waals surface area contributed by atoms with Crippen LogP contribution in [-0.2, 0) is 96.0 Å². The van der Waals surface area contributed by atoms with Gasteiger partial charge >= 0.3 is 5.69 Å². The van der Waals surface area contributed by atoms with Crippen LogP contribution in [0.2, 0.25) is 0 Å². The van der Waals surface area contributed by atoms with Gasteiger partial charge in [0.15, 0.2) is 53.3 Å². The number of hydrogen-bond acceptors (Lipinski definition) is 34. The number of H-pyrrole nitrogens is 1. The van der Waals surface area contributed by atoms with Crippen LogP contribution < -0.4 is 44.0 Å². The molecule has 0 amide bonds. The molecule has 4 bridgehead atoms. The molecule has 5 unspecified atom stereocenters. The lowest BCUT2D eigenvalue weighted by atomic mass is 9.94. The molecule has 0 aromatic carbocycles. The van der Waals surface area contributed by atoms with Gasteiger partial charge in [0.25, 0.3) is 5.56 Å². The second-order valence-corrected chi connectivity index (χ2v) is 29.5. The fourth-order valence-electron chi connectivity index (χ4n) is 11.9. The second kappa shape index (κ2) is 22.3. The Morgan fingerprint density at radius 1 is 0.713 bits per heavy atom. The normalized spacial score (nSPS) is 34.2. The van der Waals surface area contributed by atoms with Crippen LogP contribution in [0.1, 0.15) is 70.5 Å². The number of anilines is 4. The van der Waals surface area contributed by atoms with Gasteiger partial charge in [-0.1, -0.05) is 30.5 Å².